The molecule has 9 heteroatoms. The van der Waals surface area contributed by atoms with Crippen molar-refractivity contribution in [3.8, 4) is 0 Å². The summed E-state index contributed by atoms with van der Waals surface area (Å²) in [6.45, 7) is 18.2. The Morgan fingerprint density at radius 2 is 1.61 bits per heavy atom. The topological polar surface area (TPSA) is 102 Å². The minimum atomic E-state index is -2.27. The Labute approximate surface area is 228 Å². The van der Waals surface area contributed by atoms with E-state index in [0.717, 1.165) is 0 Å². The minimum absolute atomic E-state index is 0.0361. The van der Waals surface area contributed by atoms with Gasteiger partial charge in [0, 0.05) is 18.9 Å². The molecule has 8 nitrogen and oxygen atoms in total. The molecule has 0 saturated carbocycles. The third kappa shape index (κ3) is 6.38. The Bertz CT molecular complexity index is 1010. The number of benzene rings is 1. The number of imide groups is 1. The van der Waals surface area contributed by atoms with E-state index in [1.807, 2.05) is 6.92 Å². The molecule has 212 valence electrons. The van der Waals surface area contributed by atoms with Crippen molar-refractivity contribution in [2.75, 3.05) is 19.8 Å². The summed E-state index contributed by atoms with van der Waals surface area (Å²) in [7, 11) is -2.27. The predicted octanol–water partition coefficient (Wildman–Crippen LogP) is 4.66. The zero-order valence-electron chi connectivity index (χ0n) is 24.4. The van der Waals surface area contributed by atoms with Gasteiger partial charge in [0.2, 0.25) is 0 Å². The summed E-state index contributed by atoms with van der Waals surface area (Å²) in [5.41, 5.74) is 0.192. The average molecular weight is 548 g/mol. The number of esters is 1. The van der Waals surface area contributed by atoms with Gasteiger partial charge >= 0.3 is 5.97 Å². The Kier molecular flexibility index (Phi) is 8.98. The van der Waals surface area contributed by atoms with Crippen LogP contribution < -0.4 is 0 Å². The lowest BCUT2D eigenvalue weighted by Gasteiger charge is -2.40. The van der Waals surface area contributed by atoms with Gasteiger partial charge in [-0.2, -0.15) is 0 Å². The molecule has 0 bridgehead atoms. The summed E-state index contributed by atoms with van der Waals surface area (Å²) >= 11 is 0. The molecule has 0 radical (unpaired) electrons. The van der Waals surface area contributed by atoms with Crippen molar-refractivity contribution in [2.24, 2.45) is 17.3 Å². The highest BCUT2D eigenvalue weighted by molar-refractivity contribution is 6.74. The average Bonchev–Trinajstić information content (AvgIpc) is 3.24. The van der Waals surface area contributed by atoms with Crippen LogP contribution in [0, 0.1) is 17.3 Å². The molecule has 2 aliphatic heterocycles. The van der Waals surface area contributed by atoms with Crippen molar-refractivity contribution in [1.29, 1.82) is 0 Å². The third-order valence-electron chi connectivity index (χ3n) is 8.32. The van der Waals surface area contributed by atoms with E-state index in [9.17, 15) is 19.5 Å². The molecular weight excluding hydrogens is 502 g/mol. The van der Waals surface area contributed by atoms with Crippen molar-refractivity contribution in [3.05, 3.63) is 35.4 Å². The number of rotatable bonds is 9. The molecule has 38 heavy (non-hydrogen) atoms. The lowest BCUT2D eigenvalue weighted by molar-refractivity contribution is -0.158. The summed E-state index contributed by atoms with van der Waals surface area (Å²) < 4.78 is 18.7. The minimum Gasteiger partial charge on any atom is -0.463 e. The number of hydrogen-bond donors (Lipinski definition) is 1. The summed E-state index contributed by atoms with van der Waals surface area (Å²) in [6.07, 6.45) is -0.739. The second-order valence-electron chi connectivity index (χ2n) is 13.3. The van der Waals surface area contributed by atoms with Crippen LogP contribution in [0.4, 0.5) is 0 Å². The van der Waals surface area contributed by atoms with Crippen LogP contribution in [0.15, 0.2) is 24.3 Å². The highest BCUT2D eigenvalue weighted by Gasteiger charge is 2.47. The molecule has 2 amide bonds. The van der Waals surface area contributed by atoms with Gasteiger partial charge in [-0.15, -0.1) is 0 Å². The highest BCUT2D eigenvalue weighted by atomic mass is 28.4. The second kappa shape index (κ2) is 11.2. The van der Waals surface area contributed by atoms with Crippen LogP contribution in [0.1, 0.15) is 75.6 Å². The molecule has 1 fully saturated rings. The van der Waals surface area contributed by atoms with Crippen LogP contribution in [-0.2, 0) is 18.7 Å². The maximum Gasteiger partial charge on any atom is 0.311 e. The fourth-order valence-corrected chi connectivity index (χ4v) is 6.13. The summed E-state index contributed by atoms with van der Waals surface area (Å²) in [4.78, 5) is 39.9. The normalized spacial score (nSPS) is 25.1. The first-order valence-corrected chi connectivity index (χ1v) is 16.5. The molecule has 2 unspecified atom stereocenters. The Balaban J connectivity index is 1.80. The first-order chi connectivity index (χ1) is 17.5. The Morgan fingerprint density at radius 3 is 2.08 bits per heavy atom. The van der Waals surface area contributed by atoms with Crippen LogP contribution in [0.25, 0.3) is 0 Å². The molecule has 1 N–H and O–H groups in total. The van der Waals surface area contributed by atoms with Gasteiger partial charge in [0.15, 0.2) is 8.32 Å². The third-order valence-corrected chi connectivity index (χ3v) is 12.9. The van der Waals surface area contributed by atoms with E-state index in [1.54, 1.807) is 45.0 Å². The van der Waals surface area contributed by atoms with Crippen molar-refractivity contribution in [3.63, 3.8) is 0 Å². The number of aliphatic hydroxyl groups is 1. The number of amides is 2. The number of fused-ring (bicyclic) bond motifs is 1. The fourth-order valence-electron chi connectivity index (χ4n) is 4.78. The van der Waals surface area contributed by atoms with Crippen LogP contribution >= 0.6 is 0 Å². The van der Waals surface area contributed by atoms with Gasteiger partial charge in [-0.25, -0.2) is 0 Å². The number of aliphatic hydroxyl groups excluding tert-OH is 1. The van der Waals surface area contributed by atoms with Crippen LogP contribution in [0.3, 0.4) is 0 Å². The van der Waals surface area contributed by atoms with Gasteiger partial charge < -0.3 is 19.0 Å². The van der Waals surface area contributed by atoms with Crippen LogP contribution in [0.5, 0.6) is 0 Å². The van der Waals surface area contributed by atoms with Gasteiger partial charge in [-0.1, -0.05) is 39.8 Å². The monoisotopic (exact) mass is 547 g/mol. The number of carbonyl (C=O) groups is 3. The number of carbonyl (C=O) groups excluding carboxylic acids is 3. The number of nitrogens with zero attached hydrogens (tertiary/aromatic N) is 1. The number of ether oxygens (including phenoxy) is 2. The first kappa shape index (κ1) is 30.5. The number of hydrogen-bond acceptors (Lipinski definition) is 7. The van der Waals surface area contributed by atoms with Gasteiger partial charge in [-0.3, -0.25) is 19.3 Å². The van der Waals surface area contributed by atoms with E-state index in [1.165, 1.54) is 4.90 Å². The Hall–Kier alpha value is -2.07. The molecule has 5 atom stereocenters. The molecular formula is C29H45NO7Si. The quantitative estimate of drug-likeness (QED) is 0.272. The highest BCUT2D eigenvalue weighted by Crippen LogP contribution is 2.40. The Morgan fingerprint density at radius 1 is 1.05 bits per heavy atom. The second-order valence-corrected chi connectivity index (χ2v) is 18.0. The first-order valence-electron chi connectivity index (χ1n) is 13.5. The zero-order chi connectivity index (χ0) is 28.6. The van der Waals surface area contributed by atoms with Gasteiger partial charge in [-0.05, 0) is 57.0 Å². The van der Waals surface area contributed by atoms with E-state index >= 15 is 0 Å². The molecule has 3 rings (SSSR count). The van der Waals surface area contributed by atoms with E-state index < -0.39 is 25.9 Å². The zero-order valence-corrected chi connectivity index (χ0v) is 25.4. The van der Waals surface area contributed by atoms with E-state index in [0.29, 0.717) is 17.5 Å². The smallest absolute Gasteiger partial charge is 0.311 e. The maximum absolute atomic E-state index is 13.1. The summed E-state index contributed by atoms with van der Waals surface area (Å²) in [5, 5.41) is 10.1. The molecule has 1 aromatic rings. The van der Waals surface area contributed by atoms with Crippen molar-refractivity contribution < 1.29 is 33.4 Å². The van der Waals surface area contributed by atoms with Crippen LogP contribution in [0.2, 0.25) is 18.1 Å². The molecule has 0 aliphatic carbocycles. The van der Waals surface area contributed by atoms with Gasteiger partial charge in [0.1, 0.15) is 6.61 Å². The van der Waals surface area contributed by atoms with E-state index in [4.69, 9.17) is 13.9 Å². The van der Waals surface area contributed by atoms with Crippen LogP contribution in [-0.4, -0.2) is 74.2 Å². The van der Waals surface area contributed by atoms with E-state index in [2.05, 4.69) is 33.9 Å². The summed E-state index contributed by atoms with van der Waals surface area (Å²) in [5.74, 6) is -1.18. The molecule has 0 spiro atoms. The van der Waals surface area contributed by atoms with Crippen molar-refractivity contribution in [2.45, 2.75) is 91.3 Å². The van der Waals surface area contributed by atoms with Crippen molar-refractivity contribution in [1.82, 2.24) is 4.90 Å². The summed E-state index contributed by atoms with van der Waals surface area (Å²) in [6, 6.07) is 6.87. The molecule has 2 heterocycles. The standard InChI is InChI=1S/C29H45NO7Si/c1-18-22(16-31)24(17-35-27(34)28(2,3)4)36-23(18)14-19(37-38(8,9)29(5,6)7)15-30-25(32)20-12-10-11-13-21(20)26(30)33/h10-13,18-19,22-24,31H,14-17H2,1-9H3/t18-,19?,22?,23-,24+/m1/s1. The molecule has 2 aliphatic rings. The molecule has 1 aromatic carbocycles. The predicted molar refractivity (Wildman–Crippen MR) is 147 cm³/mol. The lowest BCUT2D eigenvalue weighted by atomic mass is 9.87. The SMILES string of the molecule is C[C@@H]1C(CO)[C@H](COC(=O)C(C)(C)C)O[C@@H]1CC(CN1C(=O)c2ccccc2C1=O)O[Si](C)(C)C(C)(C)C. The molecule has 1 saturated heterocycles. The van der Waals surface area contributed by atoms with Gasteiger partial charge in [0.25, 0.3) is 11.8 Å². The molecule has 0 aromatic heterocycles. The maximum atomic E-state index is 13.1. The van der Waals surface area contributed by atoms with Crippen molar-refractivity contribution >= 4 is 26.1 Å². The fraction of sp³-hybridized carbons (Fsp3) is 0.690. The van der Waals surface area contributed by atoms with E-state index in [-0.39, 0.29) is 60.5 Å². The van der Waals surface area contributed by atoms with Gasteiger partial charge in [0.05, 0.1) is 41.4 Å². The largest absolute Gasteiger partial charge is 0.463 e. The lowest BCUT2D eigenvalue weighted by Crippen LogP contribution is -2.49.